The molecule has 0 bridgehead atoms. The lowest BCUT2D eigenvalue weighted by Crippen LogP contribution is -2.64. The molecule has 0 aromatic rings. The van der Waals surface area contributed by atoms with Crippen molar-refractivity contribution in [3.8, 4) is 0 Å². The normalized spacial score (nSPS) is 25.6. The Labute approximate surface area is 184 Å². The van der Waals surface area contributed by atoms with E-state index in [-0.39, 0.29) is 6.61 Å². The topological polar surface area (TPSA) is 144 Å². The highest BCUT2D eigenvalue weighted by molar-refractivity contribution is 8.00. The molecule has 1 amide bonds. The maximum absolute atomic E-state index is 12.4. The maximum Gasteiger partial charge on any atom is 0.408 e. The first-order valence-corrected chi connectivity index (χ1v) is 10.4. The third-order valence-corrected chi connectivity index (χ3v) is 5.08. The lowest BCUT2D eigenvalue weighted by molar-refractivity contribution is -0.174. The lowest BCUT2D eigenvalue weighted by Gasteiger charge is -2.44. The number of carbonyl (C=O) groups is 5. The number of thioether (sulfide) groups is 1. The van der Waals surface area contributed by atoms with Crippen molar-refractivity contribution in [1.29, 1.82) is 0 Å². The Bertz CT molecular complexity index is 704. The van der Waals surface area contributed by atoms with Gasteiger partial charge in [-0.05, 0) is 20.8 Å². The molecule has 0 radical (unpaired) electrons. The van der Waals surface area contributed by atoms with E-state index >= 15 is 0 Å². The molecule has 0 saturated carbocycles. The lowest BCUT2D eigenvalue weighted by atomic mass is 10.0. The van der Waals surface area contributed by atoms with Gasteiger partial charge in [-0.15, -0.1) is 11.8 Å². The molecule has 31 heavy (non-hydrogen) atoms. The van der Waals surface area contributed by atoms with Crippen LogP contribution < -0.4 is 5.32 Å². The van der Waals surface area contributed by atoms with Crippen molar-refractivity contribution < 1.29 is 47.7 Å². The molecule has 12 heteroatoms. The number of alkyl carbamates (subject to hydrolysis) is 1. The first-order valence-electron chi connectivity index (χ1n) is 9.49. The smallest absolute Gasteiger partial charge is 0.408 e. The van der Waals surface area contributed by atoms with Gasteiger partial charge in [0.25, 0.3) is 0 Å². The van der Waals surface area contributed by atoms with Crippen molar-refractivity contribution in [2.24, 2.45) is 0 Å². The molecular formula is C19H29NO10S. The van der Waals surface area contributed by atoms with E-state index in [1.54, 1.807) is 20.8 Å². The van der Waals surface area contributed by atoms with E-state index in [1.807, 2.05) is 0 Å². The van der Waals surface area contributed by atoms with Crippen LogP contribution in [0.1, 0.15) is 48.5 Å². The fourth-order valence-corrected chi connectivity index (χ4v) is 4.20. The molecule has 1 fully saturated rings. The van der Waals surface area contributed by atoms with E-state index in [0.29, 0.717) is 0 Å². The summed E-state index contributed by atoms with van der Waals surface area (Å²) < 4.78 is 26.3. The van der Waals surface area contributed by atoms with Crippen LogP contribution in [0.15, 0.2) is 0 Å². The third kappa shape index (κ3) is 9.45. The minimum Gasteiger partial charge on any atom is -0.465 e. The molecule has 5 atom stereocenters. The van der Waals surface area contributed by atoms with Crippen molar-refractivity contribution in [1.82, 2.24) is 5.32 Å². The number of nitrogens with one attached hydrogen (secondary N) is 1. The molecule has 0 spiro atoms. The first-order chi connectivity index (χ1) is 14.2. The second-order valence-electron chi connectivity index (χ2n) is 7.78. The highest BCUT2D eigenvalue weighted by atomic mass is 32.2. The van der Waals surface area contributed by atoms with Gasteiger partial charge in [-0.2, -0.15) is 0 Å². The number of carbonyl (C=O) groups excluding carboxylic acids is 5. The number of hydrogen-bond donors (Lipinski definition) is 1. The van der Waals surface area contributed by atoms with Gasteiger partial charge in [0.1, 0.15) is 18.2 Å². The molecule has 1 N–H and O–H groups in total. The Balaban J connectivity index is 3.34. The van der Waals surface area contributed by atoms with Crippen molar-refractivity contribution in [2.45, 2.75) is 83.0 Å². The average molecular weight is 464 g/mol. The molecule has 1 rings (SSSR count). The van der Waals surface area contributed by atoms with E-state index in [2.05, 4.69) is 5.32 Å². The molecule has 1 saturated heterocycles. The number of rotatable bonds is 6. The number of amides is 1. The van der Waals surface area contributed by atoms with E-state index in [0.717, 1.165) is 25.6 Å². The highest BCUT2D eigenvalue weighted by Crippen LogP contribution is 2.37. The molecule has 176 valence electrons. The summed E-state index contributed by atoms with van der Waals surface area (Å²) >= 11 is 0.992. The van der Waals surface area contributed by atoms with Gasteiger partial charge >= 0.3 is 30.0 Å². The molecule has 0 aliphatic carbocycles. The zero-order valence-electron chi connectivity index (χ0n) is 18.6. The summed E-state index contributed by atoms with van der Waals surface area (Å²) in [5.41, 5.74) is -1.88. The summed E-state index contributed by atoms with van der Waals surface area (Å²) in [4.78, 5) is 58.9. The van der Waals surface area contributed by atoms with E-state index < -0.39 is 64.5 Å². The van der Waals surface area contributed by atoms with Crippen molar-refractivity contribution in [3.63, 3.8) is 0 Å². The molecule has 1 heterocycles. The van der Waals surface area contributed by atoms with Crippen molar-refractivity contribution in [2.75, 3.05) is 6.61 Å². The molecule has 0 aromatic heterocycles. The van der Waals surface area contributed by atoms with Crippen LogP contribution in [-0.2, 0) is 42.9 Å². The molecule has 0 unspecified atom stereocenters. The van der Waals surface area contributed by atoms with Gasteiger partial charge in [0, 0.05) is 27.7 Å². The van der Waals surface area contributed by atoms with E-state index in [9.17, 15) is 24.0 Å². The van der Waals surface area contributed by atoms with Gasteiger partial charge in [0.05, 0.1) is 5.25 Å². The SMILES string of the molecule is CC(=O)OC[C@H]1S[C@H](OC(C)=O)[C@H](NC(=O)OC(C)(C)C)[C@@H](OC(C)=O)[C@@H]1OC(C)=O. The van der Waals surface area contributed by atoms with Crippen LogP contribution in [-0.4, -0.2) is 71.1 Å². The predicted octanol–water partition coefficient (Wildman–Crippen LogP) is 1.31. The molecule has 1 aliphatic rings. The Kier molecular flexibility index (Phi) is 9.60. The zero-order chi connectivity index (χ0) is 23.9. The van der Waals surface area contributed by atoms with Crippen LogP contribution in [0.5, 0.6) is 0 Å². The fraction of sp³-hybridized carbons (Fsp3) is 0.737. The largest absolute Gasteiger partial charge is 0.465 e. The zero-order valence-corrected chi connectivity index (χ0v) is 19.4. The summed E-state index contributed by atoms with van der Waals surface area (Å²) in [5, 5.41) is 1.79. The number of hydrogen-bond acceptors (Lipinski definition) is 11. The molecule has 11 nitrogen and oxygen atoms in total. The standard InChI is InChI=1S/C19H29NO10S/c1-9(21)26-8-13-15(27-10(2)22)16(28-11(3)23)14(17(31-13)29-12(4)24)20-18(25)30-19(5,6)7/h13-17H,8H2,1-7H3,(H,20,25)/t13-,14-,15-,16-,17+/m1/s1. The predicted molar refractivity (Wildman–Crippen MR) is 108 cm³/mol. The minimum absolute atomic E-state index is 0.216. The van der Waals surface area contributed by atoms with Crippen LogP contribution in [0.4, 0.5) is 4.79 Å². The molecule has 0 aromatic carbocycles. The van der Waals surface area contributed by atoms with Crippen LogP contribution in [0.2, 0.25) is 0 Å². The minimum atomic E-state index is -1.25. The van der Waals surface area contributed by atoms with Gasteiger partial charge in [-0.3, -0.25) is 19.2 Å². The van der Waals surface area contributed by atoms with Gasteiger partial charge in [-0.25, -0.2) is 4.79 Å². The third-order valence-electron chi connectivity index (χ3n) is 3.67. The van der Waals surface area contributed by atoms with Crippen LogP contribution in [0.25, 0.3) is 0 Å². The second kappa shape index (κ2) is 11.2. The van der Waals surface area contributed by atoms with Crippen LogP contribution >= 0.6 is 11.8 Å². The molecular weight excluding hydrogens is 434 g/mol. The summed E-state index contributed by atoms with van der Waals surface area (Å²) in [6.45, 7) is 9.43. The van der Waals surface area contributed by atoms with E-state index in [1.165, 1.54) is 13.8 Å². The Morgan fingerprint density at radius 3 is 1.77 bits per heavy atom. The van der Waals surface area contributed by atoms with Crippen molar-refractivity contribution in [3.05, 3.63) is 0 Å². The van der Waals surface area contributed by atoms with Gasteiger partial charge in [-0.1, -0.05) is 0 Å². The highest BCUT2D eigenvalue weighted by Gasteiger charge is 2.52. The van der Waals surface area contributed by atoms with Gasteiger partial charge < -0.3 is 29.0 Å². The summed E-state index contributed by atoms with van der Waals surface area (Å²) in [7, 11) is 0. The average Bonchev–Trinajstić information content (AvgIpc) is 2.55. The second-order valence-corrected chi connectivity index (χ2v) is 9.12. The first kappa shape index (κ1) is 26.5. The Hall–Kier alpha value is -2.50. The van der Waals surface area contributed by atoms with Crippen molar-refractivity contribution >= 4 is 41.7 Å². The van der Waals surface area contributed by atoms with Crippen LogP contribution in [0, 0.1) is 0 Å². The maximum atomic E-state index is 12.4. The summed E-state index contributed by atoms with van der Waals surface area (Å²) in [6, 6.07) is -1.12. The number of esters is 4. The van der Waals surface area contributed by atoms with Gasteiger partial charge in [0.15, 0.2) is 17.6 Å². The Morgan fingerprint density at radius 2 is 1.32 bits per heavy atom. The Morgan fingerprint density at radius 1 is 0.806 bits per heavy atom. The quantitative estimate of drug-likeness (QED) is 0.450. The molecule has 1 aliphatic heterocycles. The monoisotopic (exact) mass is 463 g/mol. The summed E-state index contributed by atoms with van der Waals surface area (Å²) in [5.74, 6) is -2.65. The summed E-state index contributed by atoms with van der Waals surface area (Å²) in [6.07, 6.45) is -3.22. The number of ether oxygens (including phenoxy) is 5. The van der Waals surface area contributed by atoms with Gasteiger partial charge in [0.2, 0.25) is 0 Å². The van der Waals surface area contributed by atoms with Crippen LogP contribution in [0.3, 0.4) is 0 Å². The van der Waals surface area contributed by atoms with E-state index in [4.69, 9.17) is 23.7 Å². The fourth-order valence-electron chi connectivity index (χ4n) is 2.76.